The van der Waals surface area contributed by atoms with Crippen molar-refractivity contribution in [3.05, 3.63) is 449 Å². The van der Waals surface area contributed by atoms with Crippen LogP contribution < -0.4 is 0 Å². The first-order valence-corrected chi connectivity index (χ1v) is 43.1. The van der Waals surface area contributed by atoms with Crippen molar-refractivity contribution in [2.75, 3.05) is 0 Å². The highest BCUT2D eigenvalue weighted by Crippen LogP contribution is 2.51. The molecule has 4 heterocycles. The van der Waals surface area contributed by atoms with E-state index in [0.717, 1.165) is 72.5 Å². The Hall–Kier alpha value is -16.8. The quantitative estimate of drug-likeness (QED) is 0.128. The molecule has 0 atom stereocenters. The molecular formula is C120H74N6. The summed E-state index contributed by atoms with van der Waals surface area (Å²) in [4.78, 5) is 20.8. The fourth-order valence-electron chi connectivity index (χ4n) is 20.2. The van der Waals surface area contributed by atoms with E-state index in [1.165, 1.54) is 163 Å². The van der Waals surface area contributed by atoms with Crippen LogP contribution in [0, 0.1) is 0 Å². The van der Waals surface area contributed by atoms with Crippen LogP contribution >= 0.6 is 0 Å². The molecular weight excluding hydrogens is 1530 g/mol. The second-order valence-corrected chi connectivity index (χ2v) is 33.0. The van der Waals surface area contributed by atoms with E-state index in [-0.39, 0.29) is 0 Å². The number of rotatable bonds is 10. The van der Waals surface area contributed by atoms with Gasteiger partial charge in [0.2, 0.25) is 0 Å². The van der Waals surface area contributed by atoms with Gasteiger partial charge in [-0.25, -0.2) is 19.9 Å². The summed E-state index contributed by atoms with van der Waals surface area (Å²) in [5.74, 6) is 1.92. The summed E-state index contributed by atoms with van der Waals surface area (Å²) < 4.78 is 4.91. The summed E-state index contributed by atoms with van der Waals surface area (Å²) >= 11 is 0. The number of aromatic nitrogens is 6. The van der Waals surface area contributed by atoms with Crippen LogP contribution in [-0.4, -0.2) is 29.1 Å². The summed E-state index contributed by atoms with van der Waals surface area (Å²) in [7, 11) is 0. The SMILES string of the molecule is c1ccc(-n2c3ccccc3c3c4c5ccccc5c(-c5ccc(-c6cc(-c7cccc8ccccc78)cc(-c7cccc8ccccc78)n6)cc5)cc4c4ccccc4c32)cc1.c1ccc(-n2c3ccccc3c3c4c5ccccc5c(-c5ccc(-c6nc(-c7ccc8ccccc8c7)nc(-c7ccc8ccccc8c7)n6)cc5)cc4c4ccccc4c32)cc1. The first-order chi connectivity index (χ1) is 62.5. The highest BCUT2D eigenvalue weighted by Gasteiger charge is 2.26. The number of nitrogens with zero attached hydrogens (tertiary/aromatic N) is 6. The number of hydrogen-bond donors (Lipinski definition) is 0. The third-order valence-corrected chi connectivity index (χ3v) is 25.9. The molecule has 6 nitrogen and oxygen atoms in total. The van der Waals surface area contributed by atoms with Gasteiger partial charge in [0.05, 0.1) is 33.5 Å². The molecule has 22 aromatic carbocycles. The van der Waals surface area contributed by atoms with Crippen molar-refractivity contribution in [1.82, 2.24) is 29.1 Å². The van der Waals surface area contributed by atoms with Gasteiger partial charge in [-0.05, 0) is 192 Å². The average Bonchev–Trinajstić information content (AvgIpc) is 1.51. The molecule has 0 aliphatic heterocycles. The zero-order chi connectivity index (χ0) is 82.9. The van der Waals surface area contributed by atoms with Gasteiger partial charge in [-0.3, -0.25) is 0 Å². The Morgan fingerprint density at radius 2 is 0.484 bits per heavy atom. The van der Waals surface area contributed by atoms with Crippen LogP contribution in [0.15, 0.2) is 449 Å². The molecule has 26 rings (SSSR count). The van der Waals surface area contributed by atoms with Crippen LogP contribution in [0.4, 0.5) is 0 Å². The molecule has 0 aliphatic rings. The lowest BCUT2D eigenvalue weighted by atomic mass is 9.88. The molecule has 0 radical (unpaired) electrons. The predicted molar refractivity (Wildman–Crippen MR) is 531 cm³/mol. The third-order valence-electron chi connectivity index (χ3n) is 25.9. The van der Waals surface area contributed by atoms with Crippen LogP contribution in [0.25, 0.3) is 253 Å². The van der Waals surface area contributed by atoms with E-state index in [1.54, 1.807) is 0 Å². The zero-order valence-electron chi connectivity index (χ0n) is 68.4. The number of para-hydroxylation sites is 4. The van der Waals surface area contributed by atoms with E-state index in [9.17, 15) is 0 Å². The van der Waals surface area contributed by atoms with E-state index in [4.69, 9.17) is 19.9 Å². The molecule has 0 bridgehead atoms. The molecule has 0 unspecified atom stereocenters. The molecule has 4 aromatic heterocycles. The Bertz CT molecular complexity index is 8750. The number of fused-ring (bicyclic) bond motifs is 24. The summed E-state index contributed by atoms with van der Waals surface area (Å²) in [6.45, 7) is 0. The maximum Gasteiger partial charge on any atom is 0.164 e. The minimum Gasteiger partial charge on any atom is -0.309 e. The molecule has 0 amide bonds. The topological polar surface area (TPSA) is 61.4 Å². The minimum absolute atomic E-state index is 0.634. The van der Waals surface area contributed by atoms with Crippen molar-refractivity contribution in [2.24, 2.45) is 0 Å². The van der Waals surface area contributed by atoms with Crippen LogP contribution in [0.3, 0.4) is 0 Å². The Balaban J connectivity index is 0.000000137. The molecule has 0 spiro atoms. The lowest BCUT2D eigenvalue weighted by molar-refractivity contribution is 1.08. The molecule has 6 heteroatoms. The highest BCUT2D eigenvalue weighted by molar-refractivity contribution is 6.40. The van der Waals surface area contributed by atoms with Crippen molar-refractivity contribution in [2.45, 2.75) is 0 Å². The Kier molecular flexibility index (Phi) is 16.9. The van der Waals surface area contributed by atoms with Gasteiger partial charge in [0.25, 0.3) is 0 Å². The average molecular weight is 1600 g/mol. The van der Waals surface area contributed by atoms with Crippen molar-refractivity contribution in [3.63, 3.8) is 0 Å². The molecule has 584 valence electrons. The van der Waals surface area contributed by atoms with Crippen molar-refractivity contribution in [3.8, 4) is 101 Å². The Morgan fingerprint density at radius 1 is 0.151 bits per heavy atom. The lowest BCUT2D eigenvalue weighted by Gasteiger charge is -2.16. The first kappa shape index (κ1) is 72.1. The summed E-state index contributed by atoms with van der Waals surface area (Å²) in [6, 6.07) is 162. The smallest absolute Gasteiger partial charge is 0.164 e. The van der Waals surface area contributed by atoms with Gasteiger partial charge in [0.15, 0.2) is 17.5 Å². The summed E-state index contributed by atoms with van der Waals surface area (Å²) in [5.41, 5.74) is 21.2. The molecule has 0 aliphatic carbocycles. The Morgan fingerprint density at radius 3 is 0.960 bits per heavy atom. The molecule has 0 saturated carbocycles. The van der Waals surface area contributed by atoms with Crippen molar-refractivity contribution >= 4 is 151 Å². The number of hydrogen-bond acceptors (Lipinski definition) is 4. The van der Waals surface area contributed by atoms with Gasteiger partial charge in [0, 0.05) is 82.3 Å². The van der Waals surface area contributed by atoms with Crippen LogP contribution in [0.1, 0.15) is 0 Å². The van der Waals surface area contributed by atoms with E-state index >= 15 is 0 Å². The first-order valence-electron chi connectivity index (χ1n) is 43.1. The van der Waals surface area contributed by atoms with Crippen molar-refractivity contribution in [1.29, 1.82) is 0 Å². The largest absolute Gasteiger partial charge is 0.309 e. The van der Waals surface area contributed by atoms with Gasteiger partial charge in [-0.2, -0.15) is 0 Å². The minimum atomic E-state index is 0.634. The third kappa shape index (κ3) is 11.9. The molecule has 0 N–H and O–H groups in total. The summed E-state index contributed by atoms with van der Waals surface area (Å²) in [5, 5.41) is 29.5. The summed E-state index contributed by atoms with van der Waals surface area (Å²) in [6.07, 6.45) is 0. The second-order valence-electron chi connectivity index (χ2n) is 33.0. The van der Waals surface area contributed by atoms with Gasteiger partial charge < -0.3 is 9.13 Å². The van der Waals surface area contributed by atoms with Gasteiger partial charge in [-0.1, -0.05) is 376 Å². The van der Waals surface area contributed by atoms with E-state index in [0.29, 0.717) is 17.5 Å². The highest BCUT2D eigenvalue weighted by atomic mass is 15.0. The second kappa shape index (κ2) is 29.5. The van der Waals surface area contributed by atoms with Gasteiger partial charge in [0.1, 0.15) is 0 Å². The van der Waals surface area contributed by atoms with E-state index in [2.05, 4.69) is 458 Å². The Labute approximate surface area is 725 Å². The molecule has 0 fully saturated rings. The van der Waals surface area contributed by atoms with Crippen LogP contribution in [-0.2, 0) is 0 Å². The normalized spacial score (nSPS) is 11.8. The molecule has 26 aromatic rings. The van der Waals surface area contributed by atoms with E-state index < -0.39 is 0 Å². The standard InChI is InChI=1S/C61H38N2.C59H36N4/c1-2-20-44(21-3-1)63-58-31-13-12-28-53(58)60-59-51-26-10-8-24-48(51)54(38-55(59)49-25-9-11-27-52(49)61(60)63)41-32-34-42(35-33-41)56-36-43(47-29-14-18-39-16-4-6-22-45(39)47)37-57(62-56)50-30-15-19-40-17-5-7-23-46(40)50;1-2-18-45(19-3-1)63-53-25-13-12-24-50(53)55-54-48-22-10-8-20-46(48)51(36-52(54)47-21-9-11-23-49(47)56(55)63)39-28-30-40(31-29-39)57-60-58(43-32-26-37-14-4-6-16-41(37)34-43)62-59(61-57)44-33-27-38-15-5-7-17-42(38)35-44/h1-38H;1-36H. The number of benzene rings is 22. The maximum atomic E-state index is 5.43. The van der Waals surface area contributed by atoms with Crippen LogP contribution in [0.5, 0.6) is 0 Å². The van der Waals surface area contributed by atoms with Gasteiger partial charge in [-0.15, -0.1) is 0 Å². The van der Waals surface area contributed by atoms with E-state index in [1.807, 2.05) is 0 Å². The number of pyridine rings is 1. The van der Waals surface area contributed by atoms with Crippen molar-refractivity contribution < 1.29 is 0 Å². The maximum absolute atomic E-state index is 5.43. The van der Waals surface area contributed by atoms with Gasteiger partial charge >= 0.3 is 0 Å². The molecule has 0 saturated heterocycles. The fraction of sp³-hybridized carbons (Fsp3) is 0. The van der Waals surface area contributed by atoms with Crippen LogP contribution in [0.2, 0.25) is 0 Å². The lowest BCUT2D eigenvalue weighted by Crippen LogP contribution is -2.00. The molecule has 126 heavy (non-hydrogen) atoms. The zero-order valence-corrected chi connectivity index (χ0v) is 68.4. The monoisotopic (exact) mass is 1600 g/mol. The predicted octanol–water partition coefficient (Wildman–Crippen LogP) is 32.0. The fourth-order valence-corrected chi connectivity index (χ4v) is 20.2.